The predicted octanol–water partition coefficient (Wildman–Crippen LogP) is 4.12. The van der Waals surface area contributed by atoms with Crippen molar-refractivity contribution < 1.29 is 4.79 Å². The number of rotatable bonds is 4. The quantitative estimate of drug-likeness (QED) is 0.761. The van der Waals surface area contributed by atoms with Crippen molar-refractivity contribution in [2.45, 2.75) is 31.7 Å². The van der Waals surface area contributed by atoms with Crippen LogP contribution in [0.5, 0.6) is 0 Å². The van der Waals surface area contributed by atoms with Gasteiger partial charge in [0, 0.05) is 28.5 Å². The second-order valence-corrected chi connectivity index (χ2v) is 5.87. The SMILES string of the molecule is O=C(c1cccc(Cl)c1)N1CCCC1CCCBr. The Hall–Kier alpha value is -0.540. The first-order valence-corrected chi connectivity index (χ1v) is 7.85. The van der Waals surface area contributed by atoms with Gasteiger partial charge in [-0.3, -0.25) is 4.79 Å². The zero-order valence-electron chi connectivity index (χ0n) is 10.2. The highest BCUT2D eigenvalue weighted by atomic mass is 79.9. The molecule has 1 aliphatic heterocycles. The number of halogens is 2. The van der Waals surface area contributed by atoms with Crippen LogP contribution in [0.1, 0.15) is 36.0 Å². The third-order valence-electron chi connectivity index (χ3n) is 3.38. The Morgan fingerprint density at radius 1 is 1.50 bits per heavy atom. The lowest BCUT2D eigenvalue weighted by molar-refractivity contribution is 0.0730. The van der Waals surface area contributed by atoms with Gasteiger partial charge in [-0.25, -0.2) is 0 Å². The average Bonchev–Trinajstić information content (AvgIpc) is 2.83. The van der Waals surface area contributed by atoms with Gasteiger partial charge < -0.3 is 4.90 Å². The summed E-state index contributed by atoms with van der Waals surface area (Å²) in [6.07, 6.45) is 4.43. The molecule has 0 aliphatic carbocycles. The molecule has 2 rings (SSSR count). The van der Waals surface area contributed by atoms with Crippen LogP contribution in [0.4, 0.5) is 0 Å². The number of carbonyl (C=O) groups is 1. The first-order chi connectivity index (χ1) is 8.72. The van der Waals surface area contributed by atoms with Crippen LogP contribution in [-0.4, -0.2) is 28.7 Å². The molecule has 0 bridgehead atoms. The number of alkyl halides is 1. The van der Waals surface area contributed by atoms with Crippen LogP contribution in [0, 0.1) is 0 Å². The van der Waals surface area contributed by atoms with E-state index >= 15 is 0 Å². The fourth-order valence-corrected chi connectivity index (χ4v) is 3.02. The van der Waals surface area contributed by atoms with Gasteiger partial charge in [-0.1, -0.05) is 33.6 Å². The van der Waals surface area contributed by atoms with Crippen molar-refractivity contribution in [3.63, 3.8) is 0 Å². The van der Waals surface area contributed by atoms with Gasteiger partial charge in [0.05, 0.1) is 0 Å². The van der Waals surface area contributed by atoms with Gasteiger partial charge in [-0.05, 0) is 43.9 Å². The molecule has 98 valence electrons. The first-order valence-electron chi connectivity index (χ1n) is 6.35. The Morgan fingerprint density at radius 3 is 3.06 bits per heavy atom. The Labute approximate surface area is 121 Å². The van der Waals surface area contributed by atoms with Crippen LogP contribution in [-0.2, 0) is 0 Å². The predicted molar refractivity (Wildman–Crippen MR) is 78.5 cm³/mol. The number of carbonyl (C=O) groups excluding carboxylic acids is 1. The monoisotopic (exact) mass is 329 g/mol. The molecule has 0 N–H and O–H groups in total. The van der Waals surface area contributed by atoms with Crippen molar-refractivity contribution in [2.24, 2.45) is 0 Å². The molecule has 18 heavy (non-hydrogen) atoms. The summed E-state index contributed by atoms with van der Waals surface area (Å²) in [6, 6.07) is 7.62. The molecule has 0 aromatic heterocycles. The standard InChI is InChI=1S/C14H17BrClNO/c15-8-2-6-13-7-3-9-17(13)14(18)11-4-1-5-12(16)10-11/h1,4-5,10,13H,2-3,6-9H2. The summed E-state index contributed by atoms with van der Waals surface area (Å²) >= 11 is 9.39. The van der Waals surface area contributed by atoms with Crippen LogP contribution >= 0.6 is 27.5 Å². The Bertz CT molecular complexity index is 424. The third-order valence-corrected chi connectivity index (χ3v) is 4.18. The molecule has 1 amide bonds. The van der Waals surface area contributed by atoms with Gasteiger partial charge in [0.25, 0.3) is 5.91 Å². The van der Waals surface area contributed by atoms with Gasteiger partial charge in [-0.2, -0.15) is 0 Å². The van der Waals surface area contributed by atoms with E-state index in [1.165, 1.54) is 0 Å². The highest BCUT2D eigenvalue weighted by Gasteiger charge is 2.28. The number of likely N-dealkylation sites (tertiary alicyclic amines) is 1. The number of nitrogens with zero attached hydrogens (tertiary/aromatic N) is 1. The third kappa shape index (κ3) is 3.27. The van der Waals surface area contributed by atoms with Crippen LogP contribution in [0.15, 0.2) is 24.3 Å². The average molecular weight is 331 g/mol. The fourth-order valence-electron chi connectivity index (χ4n) is 2.50. The van der Waals surface area contributed by atoms with Crippen molar-refractivity contribution in [2.75, 3.05) is 11.9 Å². The van der Waals surface area contributed by atoms with Crippen LogP contribution in [0.25, 0.3) is 0 Å². The molecule has 2 nitrogen and oxygen atoms in total. The Balaban J connectivity index is 2.08. The molecular formula is C14H17BrClNO. The van der Waals surface area contributed by atoms with E-state index in [2.05, 4.69) is 15.9 Å². The first kappa shape index (κ1) is 13.9. The molecule has 0 saturated carbocycles. The van der Waals surface area contributed by atoms with E-state index < -0.39 is 0 Å². The van der Waals surface area contributed by atoms with Gasteiger partial charge >= 0.3 is 0 Å². The maximum Gasteiger partial charge on any atom is 0.254 e. The minimum Gasteiger partial charge on any atom is -0.336 e. The lowest BCUT2D eigenvalue weighted by Crippen LogP contribution is -2.35. The van der Waals surface area contributed by atoms with E-state index in [-0.39, 0.29) is 5.91 Å². The molecule has 1 aromatic rings. The van der Waals surface area contributed by atoms with Crippen molar-refractivity contribution in [3.8, 4) is 0 Å². The normalized spacial score (nSPS) is 19.2. The number of hydrogen-bond acceptors (Lipinski definition) is 1. The van der Waals surface area contributed by atoms with Gasteiger partial charge in [0.2, 0.25) is 0 Å². The minimum atomic E-state index is 0.120. The molecular weight excluding hydrogens is 314 g/mol. The highest BCUT2D eigenvalue weighted by molar-refractivity contribution is 9.09. The zero-order chi connectivity index (χ0) is 13.0. The van der Waals surface area contributed by atoms with Crippen molar-refractivity contribution in [1.29, 1.82) is 0 Å². The lowest BCUT2D eigenvalue weighted by atomic mass is 10.1. The molecule has 4 heteroatoms. The van der Waals surface area contributed by atoms with E-state index in [4.69, 9.17) is 11.6 Å². The molecule has 1 saturated heterocycles. The maximum atomic E-state index is 12.4. The van der Waals surface area contributed by atoms with Gasteiger partial charge in [0.1, 0.15) is 0 Å². The Kier molecular flexibility index (Phi) is 5.07. The fraction of sp³-hybridized carbons (Fsp3) is 0.500. The Morgan fingerprint density at radius 2 is 2.33 bits per heavy atom. The number of amides is 1. The van der Waals surface area contributed by atoms with Crippen LogP contribution in [0.2, 0.25) is 5.02 Å². The number of benzene rings is 1. The van der Waals surface area contributed by atoms with E-state index in [0.29, 0.717) is 16.6 Å². The summed E-state index contributed by atoms with van der Waals surface area (Å²) in [6.45, 7) is 0.873. The lowest BCUT2D eigenvalue weighted by Gasteiger charge is -2.24. The second kappa shape index (κ2) is 6.58. The largest absolute Gasteiger partial charge is 0.336 e. The molecule has 0 radical (unpaired) electrons. The molecule has 1 aliphatic rings. The van der Waals surface area contributed by atoms with Crippen LogP contribution < -0.4 is 0 Å². The zero-order valence-corrected chi connectivity index (χ0v) is 12.6. The van der Waals surface area contributed by atoms with Gasteiger partial charge in [-0.15, -0.1) is 0 Å². The van der Waals surface area contributed by atoms with E-state index in [1.807, 2.05) is 17.0 Å². The minimum absolute atomic E-state index is 0.120. The summed E-state index contributed by atoms with van der Waals surface area (Å²) in [7, 11) is 0. The smallest absolute Gasteiger partial charge is 0.254 e. The van der Waals surface area contributed by atoms with E-state index in [1.54, 1.807) is 12.1 Å². The van der Waals surface area contributed by atoms with Gasteiger partial charge in [0.15, 0.2) is 0 Å². The highest BCUT2D eigenvalue weighted by Crippen LogP contribution is 2.24. The maximum absolute atomic E-state index is 12.4. The topological polar surface area (TPSA) is 20.3 Å². The molecule has 1 fully saturated rings. The van der Waals surface area contributed by atoms with E-state index in [0.717, 1.165) is 37.6 Å². The molecule has 0 spiro atoms. The summed E-state index contributed by atoms with van der Waals surface area (Å²) in [5.74, 6) is 0.120. The number of hydrogen-bond donors (Lipinski definition) is 0. The van der Waals surface area contributed by atoms with Crippen LogP contribution in [0.3, 0.4) is 0 Å². The molecule has 1 aromatic carbocycles. The van der Waals surface area contributed by atoms with E-state index in [9.17, 15) is 4.79 Å². The molecule has 1 heterocycles. The summed E-state index contributed by atoms with van der Waals surface area (Å²) < 4.78 is 0. The summed E-state index contributed by atoms with van der Waals surface area (Å²) in [4.78, 5) is 14.4. The van der Waals surface area contributed by atoms with Crippen molar-refractivity contribution in [1.82, 2.24) is 4.90 Å². The van der Waals surface area contributed by atoms with Crippen molar-refractivity contribution >= 4 is 33.4 Å². The molecule has 1 unspecified atom stereocenters. The molecule has 1 atom stereocenters. The summed E-state index contributed by atoms with van der Waals surface area (Å²) in [5.41, 5.74) is 0.702. The van der Waals surface area contributed by atoms with Crippen molar-refractivity contribution in [3.05, 3.63) is 34.9 Å². The summed E-state index contributed by atoms with van der Waals surface area (Å²) in [5, 5.41) is 1.62. The second-order valence-electron chi connectivity index (χ2n) is 4.64.